The normalized spacial score (nSPS) is 11.0. The van der Waals surface area contributed by atoms with Crippen LogP contribution in [-0.4, -0.2) is 45.7 Å². The van der Waals surface area contributed by atoms with Crippen LogP contribution in [0, 0.1) is 0 Å². The van der Waals surface area contributed by atoms with Gasteiger partial charge in [-0.1, -0.05) is 24.3 Å². The smallest absolute Gasteiger partial charge is 0.387 e. The molecule has 0 radical (unpaired) electrons. The summed E-state index contributed by atoms with van der Waals surface area (Å²) in [6.45, 7) is -2.57. The third-order valence-corrected chi connectivity index (χ3v) is 4.09. The van der Waals surface area contributed by atoms with Gasteiger partial charge in [0.2, 0.25) is 5.91 Å². The molecule has 2 aromatic carbocycles. The Morgan fingerprint density at radius 2 is 1.79 bits per heavy atom. The number of alkyl halides is 2. The van der Waals surface area contributed by atoms with E-state index in [1.54, 1.807) is 19.2 Å². The van der Waals surface area contributed by atoms with Gasteiger partial charge in [0.05, 0.1) is 7.11 Å². The Hall–Kier alpha value is -3.09. The summed E-state index contributed by atoms with van der Waals surface area (Å²) in [5.74, 6) is -0.197. The number of halogens is 2. The summed E-state index contributed by atoms with van der Waals surface area (Å²) in [6, 6.07) is 12.6. The number of carbonyl (C=O) groups is 1. The Morgan fingerprint density at radius 1 is 1.11 bits per heavy atom. The number of benzene rings is 2. The fraction of sp³-hybridized carbons (Fsp3) is 0.286. The lowest BCUT2D eigenvalue weighted by Gasteiger charge is -2.17. The van der Waals surface area contributed by atoms with Gasteiger partial charge in [-0.3, -0.25) is 4.79 Å². The first kappa shape index (κ1) is 21.2. The summed E-state index contributed by atoms with van der Waals surface area (Å²) in [6.07, 6.45) is 2.76. The number of anilines is 1. The number of rotatable bonds is 8. The van der Waals surface area contributed by atoms with E-state index in [9.17, 15) is 13.6 Å². The zero-order chi connectivity index (χ0) is 20.7. The van der Waals surface area contributed by atoms with E-state index in [4.69, 9.17) is 4.74 Å². The highest BCUT2D eigenvalue weighted by atomic mass is 19.3. The summed E-state index contributed by atoms with van der Waals surface area (Å²) in [5, 5.41) is 0. The van der Waals surface area contributed by atoms with Gasteiger partial charge >= 0.3 is 6.61 Å². The number of nitrogens with zero attached hydrogens (tertiary/aromatic N) is 2. The van der Waals surface area contributed by atoms with Gasteiger partial charge in [-0.15, -0.1) is 0 Å². The number of para-hydroxylation sites is 1. The van der Waals surface area contributed by atoms with E-state index in [2.05, 4.69) is 4.74 Å². The van der Waals surface area contributed by atoms with Crippen molar-refractivity contribution >= 4 is 17.7 Å². The van der Waals surface area contributed by atoms with Crippen molar-refractivity contribution in [2.24, 2.45) is 0 Å². The molecule has 28 heavy (non-hydrogen) atoms. The summed E-state index contributed by atoms with van der Waals surface area (Å²) >= 11 is 0. The van der Waals surface area contributed by atoms with Crippen molar-refractivity contribution < 1.29 is 23.0 Å². The molecular formula is C21H24F2N2O3. The van der Waals surface area contributed by atoms with Gasteiger partial charge in [-0.2, -0.15) is 8.78 Å². The highest BCUT2D eigenvalue weighted by molar-refractivity contribution is 5.92. The van der Waals surface area contributed by atoms with Crippen LogP contribution in [-0.2, 0) is 11.3 Å². The van der Waals surface area contributed by atoms with Crippen LogP contribution in [0.3, 0.4) is 0 Å². The van der Waals surface area contributed by atoms with Crippen LogP contribution in [0.5, 0.6) is 11.5 Å². The number of hydrogen-bond donors (Lipinski definition) is 0. The fourth-order valence-electron chi connectivity index (χ4n) is 2.58. The van der Waals surface area contributed by atoms with Crippen LogP contribution in [0.15, 0.2) is 48.5 Å². The lowest BCUT2D eigenvalue weighted by molar-refractivity contribution is -0.125. The molecule has 0 N–H and O–H groups in total. The molecule has 0 saturated carbocycles. The van der Waals surface area contributed by atoms with E-state index >= 15 is 0 Å². The first-order valence-corrected chi connectivity index (χ1v) is 8.63. The number of methoxy groups -OCH3 is 1. The van der Waals surface area contributed by atoms with Crippen molar-refractivity contribution in [2.45, 2.75) is 13.2 Å². The predicted octanol–water partition coefficient (Wildman–Crippen LogP) is 4.03. The van der Waals surface area contributed by atoms with Crippen LogP contribution in [0.25, 0.3) is 6.08 Å². The Labute approximate surface area is 163 Å². The summed E-state index contributed by atoms with van der Waals surface area (Å²) < 4.78 is 35.0. The highest BCUT2D eigenvalue weighted by Gasteiger charge is 2.14. The van der Waals surface area contributed by atoms with Crippen LogP contribution in [0.1, 0.15) is 11.1 Å². The number of hydrogen-bond acceptors (Lipinski definition) is 4. The molecule has 0 saturated heterocycles. The monoisotopic (exact) mass is 390 g/mol. The zero-order valence-electron chi connectivity index (χ0n) is 16.4. The lowest BCUT2D eigenvalue weighted by atomic mass is 10.1. The van der Waals surface area contributed by atoms with Crippen molar-refractivity contribution in [1.82, 2.24) is 4.90 Å². The van der Waals surface area contributed by atoms with Crippen molar-refractivity contribution in [2.75, 3.05) is 33.2 Å². The average molecular weight is 390 g/mol. The number of likely N-dealkylation sites (N-methyl/N-ethyl adjacent to an activating group) is 1. The SMILES string of the molecule is COc1cccc(/C=C/C(=O)N(C)Cc2ccc(N(C)C)cc2)c1OC(F)F. The second-order valence-corrected chi connectivity index (χ2v) is 6.35. The minimum absolute atomic E-state index is 0.106. The molecule has 1 amide bonds. The summed E-state index contributed by atoms with van der Waals surface area (Å²) in [7, 11) is 6.95. The molecular weight excluding hydrogens is 366 g/mol. The van der Waals surface area contributed by atoms with Crippen molar-refractivity contribution in [3.05, 3.63) is 59.7 Å². The molecule has 2 aromatic rings. The maximum absolute atomic E-state index is 12.7. The minimum atomic E-state index is -2.99. The second kappa shape index (κ2) is 9.73. The van der Waals surface area contributed by atoms with E-state index in [0.717, 1.165) is 11.3 Å². The van der Waals surface area contributed by atoms with Gasteiger partial charge in [-0.05, 0) is 29.8 Å². The van der Waals surface area contributed by atoms with Gasteiger partial charge in [0.15, 0.2) is 11.5 Å². The van der Waals surface area contributed by atoms with E-state index in [-0.39, 0.29) is 17.4 Å². The standard InChI is InChI=1S/C21H24F2N2O3/c1-24(2)17-11-8-15(9-12-17)14-25(3)19(26)13-10-16-6-5-7-18(27-4)20(16)28-21(22)23/h5-13,21H,14H2,1-4H3/b13-10+. The molecule has 0 heterocycles. The van der Waals surface area contributed by atoms with E-state index in [0.29, 0.717) is 12.1 Å². The number of ether oxygens (including phenoxy) is 2. The van der Waals surface area contributed by atoms with Gasteiger partial charge in [0.25, 0.3) is 0 Å². The van der Waals surface area contributed by atoms with Gasteiger partial charge in [0.1, 0.15) is 0 Å². The van der Waals surface area contributed by atoms with Crippen molar-refractivity contribution in [3.8, 4) is 11.5 Å². The Kier molecular flexibility index (Phi) is 7.37. The summed E-state index contributed by atoms with van der Waals surface area (Å²) in [5.41, 5.74) is 2.39. The molecule has 0 aliphatic carbocycles. The molecule has 5 nitrogen and oxygen atoms in total. The average Bonchev–Trinajstić information content (AvgIpc) is 2.66. The first-order chi connectivity index (χ1) is 13.3. The Morgan fingerprint density at radius 3 is 2.36 bits per heavy atom. The number of carbonyl (C=O) groups excluding carboxylic acids is 1. The zero-order valence-corrected chi connectivity index (χ0v) is 16.4. The quantitative estimate of drug-likeness (QED) is 0.638. The van der Waals surface area contributed by atoms with Crippen LogP contribution in [0.4, 0.5) is 14.5 Å². The van der Waals surface area contributed by atoms with Gasteiger partial charge in [-0.25, -0.2) is 0 Å². The maximum Gasteiger partial charge on any atom is 0.387 e. The molecule has 0 atom stereocenters. The third kappa shape index (κ3) is 5.70. The largest absolute Gasteiger partial charge is 0.493 e. The minimum Gasteiger partial charge on any atom is -0.493 e. The molecule has 0 aliphatic rings. The molecule has 7 heteroatoms. The van der Waals surface area contributed by atoms with Crippen molar-refractivity contribution in [1.29, 1.82) is 0 Å². The van der Waals surface area contributed by atoms with Crippen molar-refractivity contribution in [3.63, 3.8) is 0 Å². The fourth-order valence-corrected chi connectivity index (χ4v) is 2.58. The van der Waals surface area contributed by atoms with Crippen LogP contribution >= 0.6 is 0 Å². The third-order valence-electron chi connectivity index (χ3n) is 4.09. The maximum atomic E-state index is 12.7. The molecule has 0 aromatic heterocycles. The predicted molar refractivity (Wildman–Crippen MR) is 106 cm³/mol. The van der Waals surface area contributed by atoms with E-state index in [1.807, 2.05) is 43.3 Å². The lowest BCUT2D eigenvalue weighted by Crippen LogP contribution is -2.24. The Balaban J connectivity index is 2.10. The molecule has 0 spiro atoms. The highest BCUT2D eigenvalue weighted by Crippen LogP contribution is 2.33. The number of amides is 1. The molecule has 150 valence electrons. The second-order valence-electron chi connectivity index (χ2n) is 6.35. The van der Waals surface area contributed by atoms with Gasteiger partial charge < -0.3 is 19.3 Å². The topological polar surface area (TPSA) is 42.0 Å². The van der Waals surface area contributed by atoms with Crippen LogP contribution in [0.2, 0.25) is 0 Å². The molecule has 0 fully saturated rings. The molecule has 0 unspecified atom stereocenters. The first-order valence-electron chi connectivity index (χ1n) is 8.63. The van der Waals surface area contributed by atoms with E-state index < -0.39 is 6.61 Å². The molecule has 2 rings (SSSR count). The molecule has 0 aliphatic heterocycles. The van der Waals surface area contributed by atoms with Crippen LogP contribution < -0.4 is 14.4 Å². The molecule has 0 bridgehead atoms. The Bertz CT molecular complexity index is 821. The van der Waals surface area contributed by atoms with Gasteiger partial charge in [0, 0.05) is 45.0 Å². The van der Waals surface area contributed by atoms with E-state index in [1.165, 1.54) is 30.2 Å². The summed E-state index contributed by atoms with van der Waals surface area (Å²) in [4.78, 5) is 15.9.